The predicted molar refractivity (Wildman–Crippen MR) is 128 cm³/mol. The maximum atomic E-state index is 12.5. The Morgan fingerprint density at radius 3 is 2.50 bits per heavy atom. The van der Waals surface area contributed by atoms with Gasteiger partial charge in [-0.25, -0.2) is 9.78 Å². The lowest BCUT2D eigenvalue weighted by Crippen LogP contribution is -2.34. The van der Waals surface area contributed by atoms with Crippen molar-refractivity contribution in [3.63, 3.8) is 0 Å². The molecule has 1 fully saturated rings. The van der Waals surface area contributed by atoms with E-state index >= 15 is 0 Å². The number of rotatable bonds is 7. The number of halogens is 1. The highest BCUT2D eigenvalue weighted by atomic mass is 35.5. The van der Waals surface area contributed by atoms with Crippen LogP contribution in [0.25, 0.3) is 11.1 Å². The lowest BCUT2D eigenvalue weighted by Gasteiger charge is -2.29. The van der Waals surface area contributed by atoms with Gasteiger partial charge in [-0.05, 0) is 23.3 Å². The Morgan fingerprint density at radius 2 is 1.76 bits per heavy atom. The number of benzene rings is 3. The summed E-state index contributed by atoms with van der Waals surface area (Å²) in [6.45, 7) is 0.745. The maximum absolute atomic E-state index is 12.5. The van der Waals surface area contributed by atoms with Gasteiger partial charge in [0, 0.05) is 18.0 Å². The van der Waals surface area contributed by atoms with Crippen LogP contribution in [0.15, 0.2) is 97.6 Å². The minimum absolute atomic E-state index is 0.0534. The second-order valence-corrected chi connectivity index (χ2v) is 8.47. The topological polar surface area (TPSA) is 62.6 Å². The first-order valence-corrected chi connectivity index (χ1v) is 11.4. The summed E-state index contributed by atoms with van der Waals surface area (Å²) in [4.78, 5) is 16.6. The van der Waals surface area contributed by atoms with Crippen molar-refractivity contribution in [1.82, 2.24) is 9.55 Å². The molecule has 1 saturated heterocycles. The highest BCUT2D eigenvalue weighted by Crippen LogP contribution is 2.37. The van der Waals surface area contributed by atoms with E-state index in [9.17, 15) is 4.79 Å². The molecule has 172 valence electrons. The minimum Gasteiger partial charge on any atom is -0.459 e. The van der Waals surface area contributed by atoms with Gasteiger partial charge in [0.15, 0.2) is 0 Å². The molecule has 0 aliphatic carbocycles. The van der Waals surface area contributed by atoms with Crippen LogP contribution >= 0.6 is 11.6 Å². The van der Waals surface area contributed by atoms with Crippen molar-refractivity contribution in [2.24, 2.45) is 0 Å². The minimum atomic E-state index is -1.03. The Balaban J connectivity index is 1.33. The summed E-state index contributed by atoms with van der Waals surface area (Å²) in [5, 5.41) is 0.351. The number of hydrogen-bond donors (Lipinski definition) is 0. The summed E-state index contributed by atoms with van der Waals surface area (Å²) < 4.78 is 20.0. The van der Waals surface area contributed by atoms with Crippen LogP contribution in [0.5, 0.6) is 0 Å². The molecule has 3 aromatic carbocycles. The van der Waals surface area contributed by atoms with Gasteiger partial charge in [0.25, 0.3) is 0 Å². The molecule has 1 aliphatic heterocycles. The van der Waals surface area contributed by atoms with E-state index in [-0.39, 0.29) is 13.2 Å². The zero-order chi connectivity index (χ0) is 23.4. The van der Waals surface area contributed by atoms with Crippen molar-refractivity contribution < 1.29 is 19.0 Å². The lowest BCUT2D eigenvalue weighted by molar-refractivity contribution is -0.190. The molecule has 0 unspecified atom stereocenters. The zero-order valence-corrected chi connectivity index (χ0v) is 19.1. The molecule has 0 spiro atoms. The summed E-state index contributed by atoms with van der Waals surface area (Å²) in [5.41, 5.74) is 3.44. The fourth-order valence-corrected chi connectivity index (χ4v) is 4.23. The summed E-state index contributed by atoms with van der Waals surface area (Å²) in [5.74, 6) is -1.52. The summed E-state index contributed by atoms with van der Waals surface area (Å²) in [6.07, 6.45) is 4.86. The van der Waals surface area contributed by atoms with Crippen LogP contribution in [-0.2, 0) is 26.5 Å². The largest absolute Gasteiger partial charge is 0.459 e. The summed E-state index contributed by atoms with van der Waals surface area (Å²) in [6, 6.07) is 25.1. The molecule has 0 saturated carbocycles. The average Bonchev–Trinajstić information content (AvgIpc) is 3.54. The first kappa shape index (κ1) is 22.3. The summed E-state index contributed by atoms with van der Waals surface area (Å²) >= 11 is 6.11. The molecule has 1 aromatic heterocycles. The number of imidazole rings is 1. The van der Waals surface area contributed by atoms with Crippen LogP contribution in [-0.4, -0.2) is 34.8 Å². The fraction of sp³-hybridized carbons (Fsp3) is 0.185. The zero-order valence-electron chi connectivity index (χ0n) is 18.3. The average molecular weight is 475 g/mol. The van der Waals surface area contributed by atoms with Gasteiger partial charge in [0.05, 0.1) is 30.1 Å². The number of esters is 1. The SMILES string of the molecule is O=C(OC[C@@H]1CO[C@](Cn2ccnc2)(c2ccc(-c3ccccc3)cc2)O1)c1ccccc1Cl. The first-order valence-electron chi connectivity index (χ1n) is 11.0. The lowest BCUT2D eigenvalue weighted by atomic mass is 10.00. The van der Waals surface area contributed by atoms with Crippen molar-refractivity contribution in [3.05, 3.63) is 114 Å². The monoisotopic (exact) mass is 474 g/mol. The van der Waals surface area contributed by atoms with Gasteiger partial charge in [0.2, 0.25) is 5.79 Å². The second kappa shape index (κ2) is 9.81. The summed E-state index contributed by atoms with van der Waals surface area (Å²) in [7, 11) is 0. The standard InChI is InChI=1S/C27H23ClN2O4/c28-25-9-5-4-8-24(25)26(31)32-16-23-17-33-27(34-23,18-30-15-14-29-19-30)22-12-10-21(11-13-22)20-6-2-1-3-7-20/h1-15,19,23H,16-18H2/t23-,27+/m1/s1. The molecule has 7 heteroatoms. The predicted octanol–water partition coefficient (Wildman–Crippen LogP) is 5.33. The van der Waals surface area contributed by atoms with Crippen molar-refractivity contribution in [2.45, 2.75) is 18.4 Å². The van der Waals surface area contributed by atoms with Crippen LogP contribution in [0.2, 0.25) is 5.02 Å². The van der Waals surface area contributed by atoms with Crippen molar-refractivity contribution in [3.8, 4) is 11.1 Å². The Hall–Kier alpha value is -3.45. The number of carbonyl (C=O) groups excluding carboxylic acids is 1. The van der Waals surface area contributed by atoms with Crippen molar-refractivity contribution in [2.75, 3.05) is 13.2 Å². The van der Waals surface area contributed by atoms with E-state index < -0.39 is 17.9 Å². The van der Waals surface area contributed by atoms with Crippen LogP contribution in [0, 0.1) is 0 Å². The van der Waals surface area contributed by atoms with Gasteiger partial charge >= 0.3 is 5.97 Å². The van der Waals surface area contributed by atoms with Crippen LogP contribution in [0.3, 0.4) is 0 Å². The van der Waals surface area contributed by atoms with Crippen LogP contribution in [0.1, 0.15) is 15.9 Å². The van der Waals surface area contributed by atoms with E-state index in [2.05, 4.69) is 29.2 Å². The molecular formula is C27H23ClN2O4. The molecule has 6 nitrogen and oxygen atoms in total. The molecule has 4 aromatic rings. The molecule has 2 atom stereocenters. The third kappa shape index (κ3) is 4.75. The van der Waals surface area contributed by atoms with Gasteiger partial charge in [0.1, 0.15) is 12.7 Å². The van der Waals surface area contributed by atoms with E-state index in [1.54, 1.807) is 36.8 Å². The van der Waals surface area contributed by atoms with Gasteiger partial charge in [-0.15, -0.1) is 0 Å². The smallest absolute Gasteiger partial charge is 0.339 e. The van der Waals surface area contributed by atoms with Crippen LogP contribution < -0.4 is 0 Å². The molecule has 1 aliphatic rings. The van der Waals surface area contributed by atoms with E-state index in [4.69, 9.17) is 25.8 Å². The Kier molecular flexibility index (Phi) is 6.45. The van der Waals surface area contributed by atoms with E-state index in [0.29, 0.717) is 17.1 Å². The molecule has 5 rings (SSSR count). The van der Waals surface area contributed by atoms with Crippen molar-refractivity contribution >= 4 is 17.6 Å². The molecule has 0 bridgehead atoms. The Bertz CT molecular complexity index is 1250. The van der Waals surface area contributed by atoms with E-state index in [1.807, 2.05) is 41.1 Å². The number of ether oxygens (including phenoxy) is 3. The molecule has 0 N–H and O–H groups in total. The van der Waals surface area contributed by atoms with Crippen LogP contribution in [0.4, 0.5) is 0 Å². The quantitative estimate of drug-likeness (QED) is 0.339. The number of hydrogen-bond acceptors (Lipinski definition) is 5. The Labute approximate surface area is 202 Å². The third-order valence-corrected chi connectivity index (χ3v) is 6.06. The van der Waals surface area contributed by atoms with E-state index in [0.717, 1.165) is 16.7 Å². The highest BCUT2D eigenvalue weighted by Gasteiger charge is 2.44. The molecule has 34 heavy (non-hydrogen) atoms. The van der Waals surface area contributed by atoms with Gasteiger partial charge in [-0.3, -0.25) is 0 Å². The second-order valence-electron chi connectivity index (χ2n) is 8.06. The Morgan fingerprint density at radius 1 is 1.03 bits per heavy atom. The fourth-order valence-electron chi connectivity index (χ4n) is 4.01. The molecular weight excluding hydrogens is 452 g/mol. The number of aromatic nitrogens is 2. The van der Waals surface area contributed by atoms with Gasteiger partial charge in [-0.1, -0.05) is 78.3 Å². The van der Waals surface area contributed by atoms with E-state index in [1.165, 1.54) is 0 Å². The molecule has 0 radical (unpaired) electrons. The number of carbonyl (C=O) groups is 1. The third-order valence-electron chi connectivity index (χ3n) is 5.74. The maximum Gasteiger partial charge on any atom is 0.339 e. The number of nitrogens with zero attached hydrogens (tertiary/aromatic N) is 2. The first-order chi connectivity index (χ1) is 16.6. The van der Waals surface area contributed by atoms with Gasteiger partial charge < -0.3 is 18.8 Å². The molecule has 2 heterocycles. The molecule has 0 amide bonds. The normalized spacial score (nSPS) is 19.7. The highest BCUT2D eigenvalue weighted by molar-refractivity contribution is 6.33. The van der Waals surface area contributed by atoms with Gasteiger partial charge in [-0.2, -0.15) is 0 Å². The van der Waals surface area contributed by atoms with Crippen molar-refractivity contribution in [1.29, 1.82) is 0 Å².